The first-order chi connectivity index (χ1) is 9.04. The van der Waals surface area contributed by atoms with Gasteiger partial charge in [0.05, 0.1) is 0 Å². The first kappa shape index (κ1) is 15.5. The second-order valence-corrected chi connectivity index (χ2v) is 5.29. The van der Waals surface area contributed by atoms with Crippen LogP contribution in [0.4, 0.5) is 0 Å². The maximum atomic E-state index is 12.3. The molecule has 0 aliphatic carbocycles. The molecular formula is C16H24N2O. The van der Waals surface area contributed by atoms with Crippen LogP contribution in [0.3, 0.4) is 0 Å². The lowest BCUT2D eigenvalue weighted by Gasteiger charge is -2.19. The van der Waals surface area contributed by atoms with Crippen molar-refractivity contribution in [1.82, 2.24) is 4.57 Å². The summed E-state index contributed by atoms with van der Waals surface area (Å²) in [6, 6.07) is 3.97. The molecule has 1 aromatic rings. The number of hydrogen-bond acceptors (Lipinski definition) is 2. The molecule has 1 heterocycles. The minimum Gasteiger partial charge on any atom is -0.312 e. The van der Waals surface area contributed by atoms with Gasteiger partial charge in [0.1, 0.15) is 11.6 Å². The third kappa shape index (κ3) is 3.70. The van der Waals surface area contributed by atoms with Gasteiger partial charge >= 0.3 is 0 Å². The maximum Gasteiger partial charge on any atom is 0.268 e. The van der Waals surface area contributed by atoms with Crippen LogP contribution in [0.15, 0.2) is 10.9 Å². The molecule has 0 saturated heterocycles. The molecule has 0 aliphatic heterocycles. The van der Waals surface area contributed by atoms with E-state index >= 15 is 0 Å². The normalized spacial score (nSPS) is 12.2. The lowest BCUT2D eigenvalue weighted by atomic mass is 9.98. The van der Waals surface area contributed by atoms with Crippen molar-refractivity contribution in [3.63, 3.8) is 0 Å². The van der Waals surface area contributed by atoms with Gasteiger partial charge in [0.2, 0.25) is 0 Å². The number of nitriles is 1. The predicted octanol–water partition coefficient (Wildman–Crippen LogP) is 3.55. The molecule has 0 bridgehead atoms. The molecule has 0 aromatic carbocycles. The first-order valence-electron chi connectivity index (χ1n) is 7.16. The van der Waals surface area contributed by atoms with Crippen LogP contribution in [0.25, 0.3) is 0 Å². The zero-order chi connectivity index (χ0) is 14.4. The molecule has 0 fully saturated rings. The van der Waals surface area contributed by atoms with Crippen LogP contribution >= 0.6 is 0 Å². The van der Waals surface area contributed by atoms with Gasteiger partial charge in [-0.3, -0.25) is 4.79 Å². The molecule has 0 saturated carbocycles. The van der Waals surface area contributed by atoms with Crippen LogP contribution in [0.2, 0.25) is 0 Å². The Morgan fingerprint density at radius 2 is 2.05 bits per heavy atom. The molecule has 0 N–H and O–H groups in total. The Balaban J connectivity index is 3.07. The van der Waals surface area contributed by atoms with Crippen LogP contribution in [0.5, 0.6) is 0 Å². The van der Waals surface area contributed by atoms with E-state index in [2.05, 4.69) is 13.8 Å². The molecule has 1 aromatic heterocycles. The van der Waals surface area contributed by atoms with E-state index in [1.807, 2.05) is 26.0 Å². The fourth-order valence-corrected chi connectivity index (χ4v) is 2.47. The summed E-state index contributed by atoms with van der Waals surface area (Å²) in [6.07, 6.45) is 4.60. The fraction of sp³-hybridized carbons (Fsp3) is 0.625. The van der Waals surface area contributed by atoms with Crippen molar-refractivity contribution in [3.8, 4) is 6.07 Å². The maximum absolute atomic E-state index is 12.3. The molecule has 0 spiro atoms. The van der Waals surface area contributed by atoms with E-state index in [1.54, 1.807) is 4.57 Å². The van der Waals surface area contributed by atoms with Crippen molar-refractivity contribution >= 4 is 0 Å². The number of nitrogens with zero attached hydrogens (tertiary/aromatic N) is 2. The SMILES string of the molecule is CCCCC(CC)Cn1c(C)cc(C)c(C#N)c1=O. The van der Waals surface area contributed by atoms with Crippen LogP contribution < -0.4 is 5.56 Å². The fourth-order valence-electron chi connectivity index (χ4n) is 2.47. The number of aryl methyl sites for hydroxylation is 2. The van der Waals surface area contributed by atoms with Gasteiger partial charge in [0.15, 0.2) is 0 Å². The summed E-state index contributed by atoms with van der Waals surface area (Å²) in [5.41, 5.74) is 1.89. The summed E-state index contributed by atoms with van der Waals surface area (Å²) >= 11 is 0. The summed E-state index contributed by atoms with van der Waals surface area (Å²) in [4.78, 5) is 12.3. The summed E-state index contributed by atoms with van der Waals surface area (Å²) in [7, 11) is 0. The monoisotopic (exact) mass is 260 g/mol. The van der Waals surface area contributed by atoms with Gasteiger partial charge in [0.25, 0.3) is 5.56 Å². The number of rotatable bonds is 6. The van der Waals surface area contributed by atoms with Crippen LogP contribution in [-0.2, 0) is 6.54 Å². The highest BCUT2D eigenvalue weighted by Gasteiger charge is 2.13. The Bertz CT molecular complexity index is 523. The van der Waals surface area contributed by atoms with Gasteiger partial charge < -0.3 is 4.57 Å². The molecule has 3 heteroatoms. The molecule has 1 unspecified atom stereocenters. The van der Waals surface area contributed by atoms with E-state index in [1.165, 1.54) is 12.8 Å². The van der Waals surface area contributed by atoms with Gasteiger partial charge in [-0.15, -0.1) is 0 Å². The second-order valence-electron chi connectivity index (χ2n) is 5.29. The zero-order valence-corrected chi connectivity index (χ0v) is 12.5. The molecule has 1 rings (SSSR count). The van der Waals surface area contributed by atoms with Crippen molar-refractivity contribution < 1.29 is 0 Å². The Morgan fingerprint density at radius 3 is 2.58 bits per heavy atom. The van der Waals surface area contributed by atoms with Crippen LogP contribution in [0, 0.1) is 31.1 Å². The second kappa shape index (κ2) is 7.13. The standard InChI is InChI=1S/C16H24N2O/c1-5-7-8-14(6-2)11-18-13(4)9-12(3)15(10-17)16(18)19/h9,14H,5-8,11H2,1-4H3. The highest BCUT2D eigenvalue weighted by molar-refractivity contribution is 5.36. The molecule has 3 nitrogen and oxygen atoms in total. The average molecular weight is 260 g/mol. The lowest BCUT2D eigenvalue weighted by molar-refractivity contribution is 0.381. The van der Waals surface area contributed by atoms with Crippen LogP contribution in [0.1, 0.15) is 56.4 Å². The summed E-state index contributed by atoms with van der Waals surface area (Å²) in [5.74, 6) is 0.519. The van der Waals surface area contributed by atoms with Crippen molar-refractivity contribution in [3.05, 3.63) is 33.2 Å². The molecule has 0 radical (unpaired) electrons. The quantitative estimate of drug-likeness (QED) is 0.785. The largest absolute Gasteiger partial charge is 0.312 e. The Morgan fingerprint density at radius 1 is 1.37 bits per heavy atom. The molecule has 104 valence electrons. The van der Waals surface area contributed by atoms with Gasteiger partial charge in [-0.1, -0.05) is 33.1 Å². The lowest BCUT2D eigenvalue weighted by Crippen LogP contribution is -2.28. The first-order valence-corrected chi connectivity index (χ1v) is 7.16. The Labute approximate surface area is 115 Å². The van der Waals surface area contributed by atoms with Gasteiger partial charge in [-0.25, -0.2) is 0 Å². The van der Waals surface area contributed by atoms with E-state index in [9.17, 15) is 4.79 Å². The average Bonchev–Trinajstić information content (AvgIpc) is 2.38. The van der Waals surface area contributed by atoms with Crippen molar-refractivity contribution in [1.29, 1.82) is 5.26 Å². The van der Waals surface area contributed by atoms with E-state index in [0.29, 0.717) is 5.92 Å². The minimum atomic E-state index is -0.130. The zero-order valence-electron chi connectivity index (χ0n) is 12.5. The van der Waals surface area contributed by atoms with E-state index in [4.69, 9.17) is 5.26 Å². The summed E-state index contributed by atoms with van der Waals surface area (Å²) in [5, 5.41) is 9.08. The molecule has 0 aliphatic rings. The number of hydrogen-bond donors (Lipinski definition) is 0. The van der Waals surface area contributed by atoms with Crippen molar-refractivity contribution in [2.75, 3.05) is 0 Å². The Hall–Kier alpha value is -1.56. The topological polar surface area (TPSA) is 45.8 Å². The van der Waals surface area contributed by atoms with Gasteiger partial charge in [-0.2, -0.15) is 5.26 Å². The van der Waals surface area contributed by atoms with Gasteiger partial charge in [0, 0.05) is 12.2 Å². The van der Waals surface area contributed by atoms with Crippen molar-refractivity contribution in [2.45, 2.75) is 59.9 Å². The van der Waals surface area contributed by atoms with Crippen LogP contribution in [-0.4, -0.2) is 4.57 Å². The highest BCUT2D eigenvalue weighted by atomic mass is 16.1. The third-order valence-corrected chi connectivity index (χ3v) is 3.80. The molecule has 19 heavy (non-hydrogen) atoms. The minimum absolute atomic E-state index is 0.130. The number of pyridine rings is 1. The Kier molecular flexibility index (Phi) is 5.82. The summed E-state index contributed by atoms with van der Waals surface area (Å²) < 4.78 is 1.77. The van der Waals surface area contributed by atoms with E-state index in [0.717, 1.165) is 30.6 Å². The predicted molar refractivity (Wildman–Crippen MR) is 78.2 cm³/mol. The van der Waals surface area contributed by atoms with Crippen molar-refractivity contribution in [2.24, 2.45) is 5.92 Å². The molecular weight excluding hydrogens is 236 g/mol. The van der Waals surface area contributed by atoms with E-state index < -0.39 is 0 Å². The van der Waals surface area contributed by atoms with Gasteiger partial charge in [-0.05, 0) is 37.8 Å². The summed E-state index contributed by atoms with van der Waals surface area (Å²) in [6.45, 7) is 8.85. The van der Waals surface area contributed by atoms with E-state index in [-0.39, 0.29) is 11.1 Å². The highest BCUT2D eigenvalue weighted by Crippen LogP contribution is 2.16. The molecule has 1 atom stereocenters. The number of unbranched alkanes of at least 4 members (excludes halogenated alkanes) is 1. The molecule has 0 amide bonds. The number of aromatic nitrogens is 1. The third-order valence-electron chi connectivity index (χ3n) is 3.80. The smallest absolute Gasteiger partial charge is 0.268 e.